The molecule has 1 heterocycles. The molecule has 1 unspecified atom stereocenters. The number of anilines is 1. The number of nitrogens with zero attached hydrogens (tertiary/aromatic N) is 2. The van der Waals surface area contributed by atoms with Crippen molar-refractivity contribution in [2.24, 2.45) is 5.10 Å². The smallest absolute Gasteiger partial charge is 0.123 e. The van der Waals surface area contributed by atoms with Gasteiger partial charge in [0.2, 0.25) is 0 Å². The highest BCUT2D eigenvalue weighted by Gasteiger charge is 2.31. The molecule has 0 fully saturated rings. The third-order valence-electron chi connectivity index (χ3n) is 4.50. The van der Waals surface area contributed by atoms with Crippen LogP contribution in [0.3, 0.4) is 0 Å². The lowest BCUT2D eigenvalue weighted by Gasteiger charge is -2.25. The van der Waals surface area contributed by atoms with E-state index in [0.717, 1.165) is 22.5 Å². The number of hydrazone groups is 1. The van der Waals surface area contributed by atoms with E-state index >= 15 is 0 Å². The second kappa shape index (κ2) is 7.51. The molecule has 0 saturated carbocycles. The molecule has 1 aliphatic rings. The van der Waals surface area contributed by atoms with Gasteiger partial charge < -0.3 is 0 Å². The molecular weight excluding hydrogens is 406 g/mol. The van der Waals surface area contributed by atoms with Crippen LogP contribution in [0.4, 0.5) is 10.1 Å². The average Bonchev–Trinajstić information content (AvgIpc) is 3.10. The Kier molecular flexibility index (Phi) is 5.09. The highest BCUT2D eigenvalue weighted by atomic mass is 35.5. The number of hydrogen-bond donors (Lipinski definition) is 0. The van der Waals surface area contributed by atoms with Crippen molar-refractivity contribution in [1.82, 2.24) is 0 Å². The topological polar surface area (TPSA) is 15.6 Å². The Morgan fingerprint density at radius 2 is 1.67 bits per heavy atom. The van der Waals surface area contributed by atoms with Gasteiger partial charge in [0.25, 0.3) is 0 Å². The highest BCUT2D eigenvalue weighted by Crippen LogP contribution is 2.41. The monoisotopic (exact) mass is 418 g/mol. The van der Waals surface area contributed by atoms with Crippen molar-refractivity contribution in [3.05, 3.63) is 98.7 Å². The second-order valence-electron chi connectivity index (χ2n) is 6.24. The Bertz CT molecular complexity index is 1020. The summed E-state index contributed by atoms with van der Waals surface area (Å²) < 4.78 is 13.3. The molecule has 1 aliphatic heterocycles. The average molecular weight is 420 g/mol. The lowest BCUT2D eigenvalue weighted by molar-refractivity contribution is 0.627. The summed E-state index contributed by atoms with van der Waals surface area (Å²) in [4.78, 5) is 0. The third kappa shape index (κ3) is 3.68. The first-order valence-electron chi connectivity index (χ1n) is 8.35. The summed E-state index contributed by atoms with van der Waals surface area (Å²) in [5.41, 5.74) is 3.44. The van der Waals surface area contributed by atoms with E-state index in [4.69, 9.17) is 39.9 Å². The van der Waals surface area contributed by atoms with E-state index in [1.54, 1.807) is 18.2 Å². The van der Waals surface area contributed by atoms with Crippen molar-refractivity contribution in [3.63, 3.8) is 0 Å². The molecular formula is C21H14Cl3FN2. The van der Waals surface area contributed by atoms with E-state index in [-0.39, 0.29) is 11.9 Å². The molecule has 4 rings (SSSR count). The summed E-state index contributed by atoms with van der Waals surface area (Å²) >= 11 is 18.9. The summed E-state index contributed by atoms with van der Waals surface area (Å²) in [6.07, 6.45) is 0.609. The van der Waals surface area contributed by atoms with Crippen LogP contribution in [0.2, 0.25) is 15.1 Å². The molecule has 0 aromatic heterocycles. The van der Waals surface area contributed by atoms with Crippen molar-refractivity contribution in [2.45, 2.75) is 12.5 Å². The van der Waals surface area contributed by atoms with Crippen molar-refractivity contribution in [1.29, 1.82) is 0 Å². The van der Waals surface area contributed by atoms with Gasteiger partial charge in [-0.05, 0) is 47.5 Å². The van der Waals surface area contributed by atoms with Crippen LogP contribution in [0.5, 0.6) is 0 Å². The largest absolute Gasteiger partial charge is 0.257 e. The minimum absolute atomic E-state index is 0.144. The summed E-state index contributed by atoms with van der Waals surface area (Å²) in [6.45, 7) is 0. The van der Waals surface area contributed by atoms with Gasteiger partial charge in [-0.1, -0.05) is 65.1 Å². The zero-order chi connectivity index (χ0) is 19.0. The zero-order valence-corrected chi connectivity index (χ0v) is 16.3. The van der Waals surface area contributed by atoms with E-state index in [1.807, 2.05) is 41.4 Å². The van der Waals surface area contributed by atoms with E-state index in [9.17, 15) is 4.39 Å². The van der Waals surface area contributed by atoms with E-state index in [2.05, 4.69) is 0 Å². The minimum Gasteiger partial charge on any atom is -0.257 e. The summed E-state index contributed by atoms with van der Waals surface area (Å²) in [5, 5.41) is 8.31. The van der Waals surface area contributed by atoms with Gasteiger partial charge >= 0.3 is 0 Å². The number of rotatable bonds is 3. The van der Waals surface area contributed by atoms with Gasteiger partial charge in [0, 0.05) is 11.4 Å². The summed E-state index contributed by atoms with van der Waals surface area (Å²) in [5.74, 6) is -0.279. The van der Waals surface area contributed by atoms with Gasteiger partial charge in [-0.15, -0.1) is 0 Å². The van der Waals surface area contributed by atoms with E-state index < -0.39 is 0 Å². The van der Waals surface area contributed by atoms with Crippen LogP contribution in [0, 0.1) is 5.82 Å². The first-order valence-corrected chi connectivity index (χ1v) is 9.48. The molecule has 0 spiro atoms. The second-order valence-corrected chi connectivity index (χ2v) is 7.46. The first-order chi connectivity index (χ1) is 13.0. The van der Waals surface area contributed by atoms with Crippen LogP contribution in [-0.2, 0) is 0 Å². The van der Waals surface area contributed by atoms with Crippen LogP contribution >= 0.6 is 34.8 Å². The molecule has 0 amide bonds. The Morgan fingerprint density at radius 1 is 0.926 bits per heavy atom. The third-order valence-corrected chi connectivity index (χ3v) is 5.57. The molecule has 0 bridgehead atoms. The van der Waals surface area contributed by atoms with Crippen molar-refractivity contribution in [3.8, 4) is 0 Å². The molecule has 27 heavy (non-hydrogen) atoms. The fourth-order valence-electron chi connectivity index (χ4n) is 3.20. The van der Waals surface area contributed by atoms with E-state index in [0.29, 0.717) is 21.5 Å². The minimum atomic E-state index is -0.279. The van der Waals surface area contributed by atoms with Gasteiger partial charge in [-0.25, -0.2) is 4.39 Å². The molecule has 6 heteroatoms. The first kappa shape index (κ1) is 18.3. The van der Waals surface area contributed by atoms with Gasteiger partial charge in [-0.3, -0.25) is 5.01 Å². The van der Waals surface area contributed by atoms with Crippen LogP contribution in [0.1, 0.15) is 23.6 Å². The zero-order valence-electron chi connectivity index (χ0n) is 14.0. The Labute approximate surface area is 171 Å². The standard InChI is InChI=1S/C21H14Cl3FN2/c22-14-3-1-4-16(11-14)27-20(17-5-2-6-18(23)21(17)24)12-19(26-27)13-7-9-15(25)10-8-13/h1-11,20H,12H2. The van der Waals surface area contributed by atoms with Crippen molar-refractivity contribution < 1.29 is 4.39 Å². The van der Waals surface area contributed by atoms with Crippen LogP contribution < -0.4 is 5.01 Å². The lowest BCUT2D eigenvalue weighted by Crippen LogP contribution is -2.19. The Balaban J connectivity index is 1.80. The fourth-order valence-corrected chi connectivity index (χ4v) is 3.82. The molecule has 0 saturated heterocycles. The molecule has 0 aliphatic carbocycles. The van der Waals surface area contributed by atoms with E-state index in [1.165, 1.54) is 12.1 Å². The SMILES string of the molecule is Fc1ccc(C2=NN(c3cccc(Cl)c3)C(c3cccc(Cl)c3Cl)C2)cc1. The summed E-state index contributed by atoms with van der Waals surface area (Å²) in [7, 11) is 0. The fraction of sp³-hybridized carbons (Fsp3) is 0.0952. The number of benzene rings is 3. The molecule has 0 N–H and O–H groups in total. The maximum Gasteiger partial charge on any atom is 0.123 e. The Hall–Kier alpha value is -2.07. The molecule has 0 radical (unpaired) electrons. The van der Waals surface area contributed by atoms with Gasteiger partial charge in [0.15, 0.2) is 0 Å². The predicted octanol–water partition coefficient (Wildman–Crippen LogP) is 7.14. The maximum atomic E-state index is 13.3. The van der Waals surface area contributed by atoms with Crippen LogP contribution in [0.25, 0.3) is 0 Å². The highest BCUT2D eigenvalue weighted by molar-refractivity contribution is 6.42. The van der Waals surface area contributed by atoms with Crippen molar-refractivity contribution in [2.75, 3.05) is 5.01 Å². The molecule has 1 atom stereocenters. The molecule has 2 nitrogen and oxygen atoms in total. The van der Waals surface area contributed by atoms with Gasteiger partial charge in [0.05, 0.1) is 27.5 Å². The quantitative estimate of drug-likeness (QED) is 0.440. The molecule has 3 aromatic rings. The normalized spacial score (nSPS) is 16.5. The number of halogens is 4. The molecule has 3 aromatic carbocycles. The van der Waals surface area contributed by atoms with Gasteiger partial charge in [-0.2, -0.15) is 5.10 Å². The summed E-state index contributed by atoms with van der Waals surface area (Å²) in [6, 6.07) is 19.2. The van der Waals surface area contributed by atoms with Crippen LogP contribution in [-0.4, -0.2) is 5.71 Å². The Morgan fingerprint density at radius 3 is 2.41 bits per heavy atom. The predicted molar refractivity (Wildman–Crippen MR) is 111 cm³/mol. The maximum absolute atomic E-state index is 13.3. The van der Waals surface area contributed by atoms with Crippen LogP contribution in [0.15, 0.2) is 71.8 Å². The van der Waals surface area contributed by atoms with Crippen molar-refractivity contribution >= 4 is 46.2 Å². The molecule has 136 valence electrons. The lowest BCUT2D eigenvalue weighted by atomic mass is 9.98. The van der Waals surface area contributed by atoms with Gasteiger partial charge in [0.1, 0.15) is 5.82 Å². The number of hydrogen-bond acceptors (Lipinski definition) is 2.